The van der Waals surface area contributed by atoms with E-state index >= 15 is 0 Å². The van der Waals surface area contributed by atoms with Gasteiger partial charge < -0.3 is 9.64 Å². The first-order valence-electron chi connectivity index (χ1n) is 8.70. The van der Waals surface area contributed by atoms with Crippen molar-refractivity contribution in [3.63, 3.8) is 0 Å². The maximum atomic E-state index is 13.1. The summed E-state index contributed by atoms with van der Waals surface area (Å²) in [7, 11) is 0. The van der Waals surface area contributed by atoms with Crippen LogP contribution in [0.3, 0.4) is 0 Å². The van der Waals surface area contributed by atoms with Crippen LogP contribution in [0.15, 0.2) is 24.5 Å². The molecule has 0 aromatic carbocycles. The molecule has 2 saturated heterocycles. The van der Waals surface area contributed by atoms with Gasteiger partial charge in [-0.05, 0) is 44.9 Å². The standard InChI is InChI=1S/C18H27N3O2/c1-14-11-21(12-15(2)23-14)18(22)17-7-3-4-9-20(17)13-16-6-5-8-19-10-16/h5-6,8,10,14-15,17H,3-4,7,9,11-13H2,1-2H3/t14-,15-,17+/m1/s1. The van der Waals surface area contributed by atoms with Gasteiger partial charge in [0.05, 0.1) is 18.2 Å². The number of morpholine rings is 1. The summed E-state index contributed by atoms with van der Waals surface area (Å²) in [5.74, 6) is 0.274. The van der Waals surface area contributed by atoms with Crippen LogP contribution in [-0.4, -0.2) is 58.6 Å². The van der Waals surface area contributed by atoms with Gasteiger partial charge in [-0.15, -0.1) is 0 Å². The van der Waals surface area contributed by atoms with Gasteiger partial charge >= 0.3 is 0 Å². The van der Waals surface area contributed by atoms with E-state index in [0.717, 1.165) is 25.9 Å². The molecule has 0 unspecified atom stereocenters. The van der Waals surface area contributed by atoms with E-state index in [1.807, 2.05) is 31.0 Å². The van der Waals surface area contributed by atoms with Crippen molar-refractivity contribution in [3.05, 3.63) is 30.1 Å². The SMILES string of the molecule is C[C@@H]1CN(C(=O)[C@@H]2CCCCN2Cc2cccnc2)C[C@@H](C)O1. The lowest BCUT2D eigenvalue weighted by molar-refractivity contribution is -0.150. The zero-order valence-electron chi connectivity index (χ0n) is 14.1. The van der Waals surface area contributed by atoms with Crippen LogP contribution in [0.4, 0.5) is 0 Å². The summed E-state index contributed by atoms with van der Waals surface area (Å²) in [5.41, 5.74) is 1.18. The monoisotopic (exact) mass is 317 g/mol. The van der Waals surface area contributed by atoms with Crippen molar-refractivity contribution in [3.8, 4) is 0 Å². The minimum Gasteiger partial charge on any atom is -0.372 e. The Labute approximate surface area is 138 Å². The summed E-state index contributed by atoms with van der Waals surface area (Å²) in [6.45, 7) is 7.30. The Morgan fingerprint density at radius 2 is 2.09 bits per heavy atom. The number of carbonyl (C=O) groups is 1. The lowest BCUT2D eigenvalue weighted by Crippen LogP contribution is -2.56. The van der Waals surface area contributed by atoms with Crippen LogP contribution in [0.2, 0.25) is 0 Å². The number of piperidine rings is 1. The van der Waals surface area contributed by atoms with E-state index in [-0.39, 0.29) is 24.2 Å². The predicted octanol–water partition coefficient (Wildman–Crippen LogP) is 2.07. The van der Waals surface area contributed by atoms with E-state index in [0.29, 0.717) is 13.1 Å². The topological polar surface area (TPSA) is 45.7 Å². The minimum absolute atomic E-state index is 0.00135. The summed E-state index contributed by atoms with van der Waals surface area (Å²) >= 11 is 0. The van der Waals surface area contributed by atoms with Gasteiger partial charge in [0, 0.05) is 32.0 Å². The fourth-order valence-corrected chi connectivity index (χ4v) is 3.75. The highest BCUT2D eigenvalue weighted by Gasteiger charge is 2.35. The number of ether oxygens (including phenoxy) is 1. The Bertz CT molecular complexity index is 512. The molecule has 126 valence electrons. The smallest absolute Gasteiger partial charge is 0.240 e. The second-order valence-electron chi connectivity index (χ2n) is 6.84. The predicted molar refractivity (Wildman–Crippen MR) is 88.9 cm³/mol. The van der Waals surface area contributed by atoms with E-state index in [1.54, 1.807) is 6.20 Å². The van der Waals surface area contributed by atoms with Crippen LogP contribution in [0.1, 0.15) is 38.7 Å². The normalized spacial score (nSPS) is 29.5. The third-order valence-corrected chi connectivity index (χ3v) is 4.74. The van der Waals surface area contributed by atoms with E-state index in [4.69, 9.17) is 4.74 Å². The number of amides is 1. The largest absolute Gasteiger partial charge is 0.372 e. The number of hydrogen-bond donors (Lipinski definition) is 0. The van der Waals surface area contributed by atoms with Crippen LogP contribution in [0, 0.1) is 0 Å². The maximum absolute atomic E-state index is 13.1. The molecule has 3 atom stereocenters. The van der Waals surface area contributed by atoms with Crippen LogP contribution < -0.4 is 0 Å². The number of aromatic nitrogens is 1. The Kier molecular flexibility index (Phi) is 5.28. The van der Waals surface area contributed by atoms with Gasteiger partial charge in [-0.1, -0.05) is 12.5 Å². The molecule has 3 heterocycles. The second kappa shape index (κ2) is 7.41. The summed E-state index contributed by atoms with van der Waals surface area (Å²) < 4.78 is 5.76. The number of nitrogens with zero attached hydrogens (tertiary/aromatic N) is 3. The summed E-state index contributed by atoms with van der Waals surface area (Å²) in [6, 6.07) is 4.05. The molecule has 5 heteroatoms. The third kappa shape index (κ3) is 4.09. The first-order chi connectivity index (χ1) is 11.1. The van der Waals surface area contributed by atoms with E-state index < -0.39 is 0 Å². The molecule has 1 aromatic rings. The van der Waals surface area contributed by atoms with Crippen molar-refractivity contribution in [1.82, 2.24) is 14.8 Å². The Hall–Kier alpha value is -1.46. The van der Waals surface area contributed by atoms with Gasteiger partial charge in [0.25, 0.3) is 0 Å². The molecular formula is C18H27N3O2. The zero-order valence-corrected chi connectivity index (χ0v) is 14.1. The number of rotatable bonds is 3. The molecule has 2 aliphatic rings. The summed E-state index contributed by atoms with van der Waals surface area (Å²) in [4.78, 5) is 21.6. The Balaban J connectivity index is 1.69. The number of carbonyl (C=O) groups excluding carboxylic acids is 1. The van der Waals surface area contributed by atoms with Crippen molar-refractivity contribution < 1.29 is 9.53 Å². The second-order valence-corrected chi connectivity index (χ2v) is 6.84. The molecule has 0 N–H and O–H groups in total. The molecular weight excluding hydrogens is 290 g/mol. The highest BCUT2D eigenvalue weighted by atomic mass is 16.5. The van der Waals surface area contributed by atoms with Gasteiger partial charge in [-0.3, -0.25) is 14.7 Å². The van der Waals surface area contributed by atoms with Crippen molar-refractivity contribution in [2.75, 3.05) is 19.6 Å². The van der Waals surface area contributed by atoms with Crippen molar-refractivity contribution in [2.24, 2.45) is 0 Å². The van der Waals surface area contributed by atoms with Gasteiger partial charge in [-0.2, -0.15) is 0 Å². The molecule has 1 amide bonds. The van der Waals surface area contributed by atoms with Crippen LogP contribution in [0.25, 0.3) is 0 Å². The Morgan fingerprint density at radius 3 is 2.78 bits per heavy atom. The van der Waals surface area contributed by atoms with Crippen molar-refractivity contribution in [1.29, 1.82) is 0 Å². The van der Waals surface area contributed by atoms with Crippen LogP contribution in [-0.2, 0) is 16.1 Å². The van der Waals surface area contributed by atoms with Gasteiger partial charge in [0.1, 0.15) is 0 Å². The minimum atomic E-state index is 0.00135. The molecule has 2 fully saturated rings. The Morgan fingerprint density at radius 1 is 1.30 bits per heavy atom. The first kappa shape index (κ1) is 16.4. The van der Waals surface area contributed by atoms with E-state index in [2.05, 4.69) is 16.0 Å². The fraction of sp³-hybridized carbons (Fsp3) is 0.667. The molecule has 3 rings (SSSR count). The number of hydrogen-bond acceptors (Lipinski definition) is 4. The number of pyridine rings is 1. The lowest BCUT2D eigenvalue weighted by Gasteiger charge is -2.41. The average Bonchev–Trinajstić information content (AvgIpc) is 2.55. The number of likely N-dealkylation sites (tertiary alicyclic amines) is 1. The summed E-state index contributed by atoms with van der Waals surface area (Å²) in [6.07, 6.45) is 7.19. The molecule has 5 nitrogen and oxygen atoms in total. The van der Waals surface area contributed by atoms with Crippen LogP contribution >= 0.6 is 0 Å². The first-order valence-corrected chi connectivity index (χ1v) is 8.70. The summed E-state index contributed by atoms with van der Waals surface area (Å²) in [5, 5.41) is 0. The highest BCUT2D eigenvalue weighted by Crippen LogP contribution is 2.23. The molecule has 23 heavy (non-hydrogen) atoms. The van der Waals surface area contributed by atoms with Crippen molar-refractivity contribution in [2.45, 2.75) is 57.9 Å². The molecule has 0 aliphatic carbocycles. The average molecular weight is 317 g/mol. The molecule has 1 aromatic heterocycles. The quantitative estimate of drug-likeness (QED) is 0.856. The zero-order chi connectivity index (χ0) is 16.2. The van der Waals surface area contributed by atoms with Gasteiger partial charge in [0.2, 0.25) is 5.91 Å². The molecule has 0 bridgehead atoms. The van der Waals surface area contributed by atoms with Crippen molar-refractivity contribution >= 4 is 5.91 Å². The van der Waals surface area contributed by atoms with Crippen LogP contribution in [0.5, 0.6) is 0 Å². The molecule has 0 saturated carbocycles. The van der Waals surface area contributed by atoms with E-state index in [9.17, 15) is 4.79 Å². The highest BCUT2D eigenvalue weighted by molar-refractivity contribution is 5.82. The molecule has 0 radical (unpaired) electrons. The molecule has 0 spiro atoms. The maximum Gasteiger partial charge on any atom is 0.240 e. The van der Waals surface area contributed by atoms with E-state index in [1.165, 1.54) is 12.0 Å². The fourth-order valence-electron chi connectivity index (χ4n) is 3.75. The lowest BCUT2D eigenvalue weighted by atomic mass is 9.99. The van der Waals surface area contributed by atoms with Gasteiger partial charge in [0.15, 0.2) is 0 Å². The molecule has 2 aliphatic heterocycles. The third-order valence-electron chi connectivity index (χ3n) is 4.74. The van der Waals surface area contributed by atoms with Gasteiger partial charge in [-0.25, -0.2) is 0 Å².